The van der Waals surface area contributed by atoms with E-state index in [-0.39, 0.29) is 5.97 Å². The summed E-state index contributed by atoms with van der Waals surface area (Å²) in [5.74, 6) is -0.0522. The largest absolute Gasteiger partial charge is 0.466 e. The third kappa shape index (κ3) is 19.5. The summed E-state index contributed by atoms with van der Waals surface area (Å²) >= 11 is 0. The first kappa shape index (κ1) is 18.3. The Bertz CT molecular complexity index is 136. The van der Waals surface area contributed by atoms with Gasteiger partial charge in [0, 0.05) is 6.42 Å². The van der Waals surface area contributed by atoms with Gasteiger partial charge < -0.3 is 4.74 Å². The fraction of sp³-hybridized carbons (Fsp3) is 0.923. The van der Waals surface area contributed by atoms with Crippen LogP contribution in [0.1, 0.15) is 59.8 Å². The van der Waals surface area contributed by atoms with Gasteiger partial charge in [-0.25, -0.2) is 0 Å². The summed E-state index contributed by atoms with van der Waals surface area (Å²) < 4.78 is 4.78. The molecule has 0 unspecified atom stereocenters. The molecule has 0 spiro atoms. The van der Waals surface area contributed by atoms with E-state index in [4.69, 9.17) is 4.74 Å². The van der Waals surface area contributed by atoms with Crippen molar-refractivity contribution in [3.8, 4) is 0 Å². The zero-order valence-electron chi connectivity index (χ0n) is 11.5. The lowest BCUT2D eigenvalue weighted by Gasteiger charge is -2.00. The van der Waals surface area contributed by atoms with Crippen molar-refractivity contribution in [2.24, 2.45) is 0 Å². The molecule has 0 heterocycles. The molecule has 0 aromatic heterocycles. The highest BCUT2D eigenvalue weighted by atomic mass is 31.1. The van der Waals surface area contributed by atoms with E-state index in [9.17, 15) is 4.79 Å². The van der Waals surface area contributed by atoms with Crippen LogP contribution in [0, 0.1) is 0 Å². The topological polar surface area (TPSA) is 26.3 Å². The van der Waals surface area contributed by atoms with E-state index in [2.05, 4.69) is 20.8 Å². The number of ether oxygens (including phenoxy) is 1. The van der Waals surface area contributed by atoms with Gasteiger partial charge in [-0.2, -0.15) is 0 Å². The fourth-order valence-electron chi connectivity index (χ4n) is 1.18. The summed E-state index contributed by atoms with van der Waals surface area (Å²) in [4.78, 5) is 10.8. The standard InChI is InChI=1S/C9H18O2.C4H11P/c1-3-5-6-7-8-9(10)11-4-2;1-3-5-4-2/h3-8H2,1-2H3;5H,3-4H2,1-2H3. The maximum absolute atomic E-state index is 10.8. The highest BCUT2D eigenvalue weighted by molar-refractivity contribution is 7.37. The number of esters is 1. The first-order valence-corrected chi connectivity index (χ1v) is 8.00. The summed E-state index contributed by atoms with van der Waals surface area (Å²) in [5.41, 5.74) is 0. The average Bonchev–Trinajstić information content (AvgIpc) is 2.27. The van der Waals surface area contributed by atoms with Gasteiger partial charge in [-0.1, -0.05) is 40.0 Å². The van der Waals surface area contributed by atoms with Crippen LogP contribution in [0.15, 0.2) is 0 Å². The molecule has 0 atom stereocenters. The van der Waals surface area contributed by atoms with Crippen molar-refractivity contribution in [2.45, 2.75) is 59.8 Å². The van der Waals surface area contributed by atoms with Crippen molar-refractivity contribution in [3.63, 3.8) is 0 Å². The second-order valence-electron chi connectivity index (χ2n) is 3.57. The Kier molecular flexibility index (Phi) is 19.8. The number of carbonyl (C=O) groups excluding carboxylic acids is 1. The van der Waals surface area contributed by atoms with Crippen LogP contribution in [0.5, 0.6) is 0 Å². The molecule has 3 heteroatoms. The average molecular weight is 248 g/mol. The molecule has 0 aliphatic heterocycles. The minimum atomic E-state index is -0.0522. The number of carbonyl (C=O) groups is 1. The van der Waals surface area contributed by atoms with Gasteiger partial charge in [-0.05, 0) is 25.7 Å². The van der Waals surface area contributed by atoms with Crippen LogP contribution < -0.4 is 0 Å². The van der Waals surface area contributed by atoms with E-state index < -0.39 is 0 Å². The number of hydrogen-bond donors (Lipinski definition) is 0. The molecular formula is C13H29O2P. The molecule has 0 radical (unpaired) electrons. The van der Waals surface area contributed by atoms with Gasteiger partial charge >= 0.3 is 5.97 Å². The zero-order chi connectivity index (χ0) is 12.6. The van der Waals surface area contributed by atoms with Crippen LogP contribution in [0.3, 0.4) is 0 Å². The van der Waals surface area contributed by atoms with Crippen molar-refractivity contribution in [3.05, 3.63) is 0 Å². The molecule has 0 bridgehead atoms. The minimum Gasteiger partial charge on any atom is -0.466 e. The summed E-state index contributed by atoms with van der Waals surface area (Å²) in [6.07, 6.45) is 7.89. The SMILES string of the molecule is CCCCCCC(=O)OCC.CCPCC. The molecule has 0 rings (SSSR count). The number of unbranched alkanes of at least 4 members (excludes halogenated alkanes) is 3. The zero-order valence-corrected chi connectivity index (χ0v) is 12.5. The van der Waals surface area contributed by atoms with E-state index in [1.807, 2.05) is 6.92 Å². The third-order valence-corrected chi connectivity index (χ3v) is 3.04. The lowest BCUT2D eigenvalue weighted by Crippen LogP contribution is -2.02. The molecule has 2 nitrogen and oxygen atoms in total. The normalized spacial score (nSPS) is 9.25. The summed E-state index contributed by atoms with van der Waals surface area (Å²) in [7, 11) is 1.20. The maximum atomic E-state index is 10.8. The Morgan fingerprint density at radius 1 is 1.00 bits per heavy atom. The molecule has 0 amide bonds. The van der Waals surface area contributed by atoms with Crippen molar-refractivity contribution in [1.82, 2.24) is 0 Å². The molecule has 0 aliphatic carbocycles. The third-order valence-electron chi connectivity index (χ3n) is 2.04. The van der Waals surface area contributed by atoms with Crippen LogP contribution in [-0.2, 0) is 9.53 Å². The quantitative estimate of drug-likeness (QED) is 0.365. The molecule has 0 aromatic carbocycles. The molecule has 0 saturated heterocycles. The summed E-state index contributed by atoms with van der Waals surface area (Å²) in [6, 6.07) is 0. The van der Waals surface area contributed by atoms with E-state index >= 15 is 0 Å². The van der Waals surface area contributed by atoms with Gasteiger partial charge in [0.2, 0.25) is 0 Å². The van der Waals surface area contributed by atoms with Crippen LogP contribution in [0.4, 0.5) is 0 Å². The Hall–Kier alpha value is -0.100. The molecule has 0 aromatic rings. The Balaban J connectivity index is 0. The lowest BCUT2D eigenvalue weighted by molar-refractivity contribution is -0.143. The van der Waals surface area contributed by atoms with Crippen molar-refractivity contribution in [1.29, 1.82) is 0 Å². The highest BCUT2D eigenvalue weighted by Crippen LogP contribution is 2.04. The van der Waals surface area contributed by atoms with Crippen molar-refractivity contribution in [2.75, 3.05) is 18.9 Å². The highest BCUT2D eigenvalue weighted by Gasteiger charge is 1.99. The van der Waals surface area contributed by atoms with Gasteiger partial charge in [0.1, 0.15) is 0 Å². The van der Waals surface area contributed by atoms with E-state index in [0.717, 1.165) is 12.8 Å². The lowest BCUT2D eigenvalue weighted by atomic mass is 10.2. The smallest absolute Gasteiger partial charge is 0.305 e. The summed E-state index contributed by atoms with van der Waals surface area (Å²) in [5, 5.41) is 0. The molecule has 0 fully saturated rings. The van der Waals surface area contributed by atoms with Crippen LogP contribution in [-0.4, -0.2) is 24.9 Å². The van der Waals surface area contributed by atoms with Crippen LogP contribution >= 0.6 is 8.58 Å². The van der Waals surface area contributed by atoms with Crippen LogP contribution in [0.25, 0.3) is 0 Å². The van der Waals surface area contributed by atoms with E-state index in [0.29, 0.717) is 13.0 Å². The Labute approximate surface area is 103 Å². The Morgan fingerprint density at radius 3 is 2.00 bits per heavy atom. The monoisotopic (exact) mass is 248 g/mol. The van der Waals surface area contributed by atoms with Gasteiger partial charge in [-0.15, -0.1) is 8.58 Å². The van der Waals surface area contributed by atoms with Crippen molar-refractivity contribution < 1.29 is 9.53 Å². The Morgan fingerprint density at radius 2 is 1.62 bits per heavy atom. The second kappa shape index (κ2) is 17.3. The number of hydrogen-bond acceptors (Lipinski definition) is 2. The summed E-state index contributed by atoms with van der Waals surface area (Å²) in [6.45, 7) is 8.95. The number of rotatable bonds is 8. The van der Waals surface area contributed by atoms with Gasteiger partial charge in [0.05, 0.1) is 6.61 Å². The van der Waals surface area contributed by atoms with Crippen molar-refractivity contribution >= 4 is 14.6 Å². The molecule has 0 N–H and O–H groups in total. The maximum Gasteiger partial charge on any atom is 0.305 e. The van der Waals surface area contributed by atoms with Gasteiger partial charge in [0.25, 0.3) is 0 Å². The first-order chi connectivity index (χ1) is 7.72. The van der Waals surface area contributed by atoms with E-state index in [1.54, 1.807) is 0 Å². The minimum absolute atomic E-state index is 0.0522. The van der Waals surface area contributed by atoms with E-state index in [1.165, 1.54) is 33.7 Å². The van der Waals surface area contributed by atoms with Gasteiger partial charge in [0.15, 0.2) is 0 Å². The first-order valence-electron chi connectivity index (χ1n) is 6.59. The predicted molar refractivity (Wildman–Crippen MR) is 74.8 cm³/mol. The molecule has 0 aliphatic rings. The fourth-order valence-corrected chi connectivity index (χ4v) is 1.68. The predicted octanol–water partition coefficient (Wildman–Crippen LogP) is 4.22. The molecule has 98 valence electrons. The molecule has 0 saturated carbocycles. The molecule has 16 heavy (non-hydrogen) atoms. The van der Waals surface area contributed by atoms with Crippen LogP contribution in [0.2, 0.25) is 0 Å². The second-order valence-corrected chi connectivity index (χ2v) is 5.49. The molecular weight excluding hydrogens is 219 g/mol. The van der Waals surface area contributed by atoms with Gasteiger partial charge in [-0.3, -0.25) is 4.79 Å².